The second-order valence-electron chi connectivity index (χ2n) is 7.30. The lowest BCUT2D eigenvalue weighted by atomic mass is 10.0. The molecule has 3 rings (SSSR count). The van der Waals surface area contributed by atoms with Crippen LogP contribution in [-0.4, -0.2) is 27.3 Å². The van der Waals surface area contributed by atoms with Gasteiger partial charge in [-0.1, -0.05) is 37.6 Å². The van der Waals surface area contributed by atoms with Gasteiger partial charge in [-0.05, 0) is 60.7 Å². The second-order valence-corrected chi connectivity index (χ2v) is 7.71. The van der Waals surface area contributed by atoms with Crippen LogP contribution in [0.4, 0.5) is 0 Å². The average Bonchev–Trinajstić information content (AvgIpc) is 3.23. The molecule has 3 aromatic rings. The number of hydrogen-bond donors (Lipinski definition) is 1. The van der Waals surface area contributed by atoms with Crippen molar-refractivity contribution in [2.75, 3.05) is 6.61 Å². The molecule has 1 aromatic heterocycles. The lowest BCUT2D eigenvalue weighted by Gasteiger charge is -2.18. The van der Waals surface area contributed by atoms with Crippen molar-refractivity contribution < 1.29 is 9.53 Å². The van der Waals surface area contributed by atoms with Gasteiger partial charge in [0.05, 0.1) is 11.7 Å². The first kappa shape index (κ1) is 20.9. The summed E-state index contributed by atoms with van der Waals surface area (Å²) < 4.78 is 7.49. The molecule has 1 N–H and O–H groups in total. The highest BCUT2D eigenvalue weighted by Gasteiger charge is 2.14. The highest BCUT2D eigenvalue weighted by molar-refractivity contribution is 6.31. The number of halogens is 1. The van der Waals surface area contributed by atoms with Gasteiger partial charge in [0.15, 0.2) is 6.61 Å². The summed E-state index contributed by atoms with van der Waals surface area (Å²) in [4.78, 5) is 16.3. The molecular weight excluding hydrogens is 388 g/mol. The van der Waals surface area contributed by atoms with Gasteiger partial charge in [-0.15, -0.1) is 0 Å². The summed E-state index contributed by atoms with van der Waals surface area (Å²) in [5.41, 5.74) is 3.82. The Balaban J connectivity index is 1.60. The first-order chi connectivity index (χ1) is 13.8. The summed E-state index contributed by atoms with van der Waals surface area (Å²) in [7, 11) is 0. The summed E-state index contributed by atoms with van der Waals surface area (Å²) in [6, 6.07) is 11.5. The summed E-state index contributed by atoms with van der Waals surface area (Å²) in [6.45, 7) is 7.94. The normalized spacial score (nSPS) is 12.1. The number of carbonyl (C=O) groups excluding carboxylic acids is 1. The molecule has 0 saturated heterocycles. The maximum atomic E-state index is 12.4. The maximum absolute atomic E-state index is 12.4. The van der Waals surface area contributed by atoms with Crippen molar-refractivity contribution in [1.29, 1.82) is 0 Å². The minimum atomic E-state index is -0.180. The lowest BCUT2D eigenvalue weighted by molar-refractivity contribution is -0.123. The van der Waals surface area contributed by atoms with Gasteiger partial charge in [0.1, 0.15) is 18.4 Å². The molecule has 6 nitrogen and oxygen atoms in total. The predicted octanol–water partition coefficient (Wildman–Crippen LogP) is 4.61. The number of hydrogen-bond acceptors (Lipinski definition) is 4. The third-order valence-corrected chi connectivity index (χ3v) is 5.13. The second kappa shape index (κ2) is 9.09. The van der Waals surface area contributed by atoms with Crippen molar-refractivity contribution in [3.05, 3.63) is 70.8 Å². The molecule has 152 valence electrons. The Bertz CT molecular complexity index is 969. The smallest absolute Gasteiger partial charge is 0.258 e. The molecule has 0 radical (unpaired) electrons. The fraction of sp³-hybridized carbons (Fsp3) is 0.318. The molecule has 2 aromatic carbocycles. The van der Waals surface area contributed by atoms with E-state index in [0.717, 1.165) is 22.4 Å². The Morgan fingerprint density at radius 3 is 2.55 bits per heavy atom. The van der Waals surface area contributed by atoms with Crippen molar-refractivity contribution in [1.82, 2.24) is 20.1 Å². The zero-order valence-corrected chi connectivity index (χ0v) is 17.8. The Morgan fingerprint density at radius 2 is 1.93 bits per heavy atom. The zero-order valence-electron chi connectivity index (χ0n) is 17.0. The van der Waals surface area contributed by atoms with E-state index in [1.165, 1.54) is 6.33 Å². The zero-order chi connectivity index (χ0) is 21.0. The largest absolute Gasteiger partial charge is 0.483 e. The fourth-order valence-corrected chi connectivity index (χ4v) is 3.19. The van der Waals surface area contributed by atoms with E-state index in [4.69, 9.17) is 16.3 Å². The van der Waals surface area contributed by atoms with E-state index >= 15 is 0 Å². The monoisotopic (exact) mass is 412 g/mol. The topological polar surface area (TPSA) is 69.0 Å². The average molecular weight is 413 g/mol. The Morgan fingerprint density at radius 1 is 1.21 bits per heavy atom. The number of benzene rings is 2. The third kappa shape index (κ3) is 5.15. The van der Waals surface area contributed by atoms with Gasteiger partial charge in [0.25, 0.3) is 5.91 Å². The molecule has 0 aliphatic carbocycles. The number of nitrogens with zero attached hydrogens (tertiary/aromatic N) is 3. The molecule has 1 atom stereocenters. The quantitative estimate of drug-likeness (QED) is 0.615. The number of aryl methyl sites for hydroxylation is 1. The summed E-state index contributed by atoms with van der Waals surface area (Å²) in [5.74, 6) is 0.760. The van der Waals surface area contributed by atoms with Crippen LogP contribution in [0.2, 0.25) is 5.02 Å². The Kier molecular flexibility index (Phi) is 6.54. The molecule has 0 spiro atoms. The van der Waals surface area contributed by atoms with Crippen LogP contribution in [0.3, 0.4) is 0 Å². The molecule has 0 aliphatic heterocycles. The highest BCUT2D eigenvalue weighted by Crippen LogP contribution is 2.32. The van der Waals surface area contributed by atoms with E-state index in [2.05, 4.69) is 29.2 Å². The van der Waals surface area contributed by atoms with Gasteiger partial charge in [0.2, 0.25) is 0 Å². The van der Waals surface area contributed by atoms with Crippen LogP contribution < -0.4 is 10.1 Å². The number of nitrogens with one attached hydrogen (secondary N) is 1. The number of rotatable bonds is 7. The maximum Gasteiger partial charge on any atom is 0.258 e. The van der Waals surface area contributed by atoms with Gasteiger partial charge in [0, 0.05) is 5.02 Å². The molecule has 29 heavy (non-hydrogen) atoms. The van der Waals surface area contributed by atoms with Crippen LogP contribution in [-0.2, 0) is 4.79 Å². The van der Waals surface area contributed by atoms with Gasteiger partial charge in [-0.25, -0.2) is 9.67 Å². The van der Waals surface area contributed by atoms with Crippen LogP contribution in [0.15, 0.2) is 49.1 Å². The fourth-order valence-electron chi connectivity index (χ4n) is 3.01. The third-order valence-electron chi connectivity index (χ3n) is 4.73. The molecular formula is C22H25ClN4O2. The molecule has 0 fully saturated rings. The minimum absolute atomic E-state index is 0.0534. The molecule has 7 heteroatoms. The highest BCUT2D eigenvalue weighted by atomic mass is 35.5. The lowest BCUT2D eigenvalue weighted by Crippen LogP contribution is -2.31. The van der Waals surface area contributed by atoms with E-state index in [9.17, 15) is 4.79 Å². The van der Waals surface area contributed by atoms with Crippen LogP contribution in [0.25, 0.3) is 5.69 Å². The molecule has 1 amide bonds. The van der Waals surface area contributed by atoms with E-state index in [1.807, 2.05) is 50.2 Å². The van der Waals surface area contributed by atoms with E-state index < -0.39 is 0 Å². The number of ether oxygens (including phenoxy) is 1. The summed E-state index contributed by atoms with van der Waals surface area (Å²) in [5, 5.41) is 7.78. The number of aromatic nitrogens is 3. The molecule has 0 unspecified atom stereocenters. The van der Waals surface area contributed by atoms with Gasteiger partial charge in [-0.3, -0.25) is 4.79 Å². The molecule has 1 heterocycles. The number of amides is 1. The SMILES string of the molecule is Cc1cc(OCC(=O)N[C@H](C)c2ccc(-n3cncn3)cc2)c(C(C)C)cc1Cl. The van der Waals surface area contributed by atoms with Crippen molar-refractivity contribution >= 4 is 17.5 Å². The van der Waals surface area contributed by atoms with E-state index in [1.54, 1.807) is 11.0 Å². The summed E-state index contributed by atoms with van der Waals surface area (Å²) >= 11 is 6.23. The minimum Gasteiger partial charge on any atom is -0.483 e. The first-order valence-corrected chi connectivity index (χ1v) is 9.90. The first-order valence-electron chi connectivity index (χ1n) is 9.52. The van der Waals surface area contributed by atoms with Crippen molar-refractivity contribution in [2.45, 2.75) is 39.7 Å². The van der Waals surface area contributed by atoms with Crippen LogP contribution in [0, 0.1) is 6.92 Å². The van der Waals surface area contributed by atoms with Crippen molar-refractivity contribution in [2.24, 2.45) is 0 Å². The van der Waals surface area contributed by atoms with E-state index in [-0.39, 0.29) is 24.5 Å². The molecule has 0 bridgehead atoms. The van der Waals surface area contributed by atoms with Crippen molar-refractivity contribution in [3.63, 3.8) is 0 Å². The van der Waals surface area contributed by atoms with Crippen LogP contribution >= 0.6 is 11.6 Å². The van der Waals surface area contributed by atoms with Crippen LogP contribution in [0.5, 0.6) is 5.75 Å². The van der Waals surface area contributed by atoms with Gasteiger partial charge >= 0.3 is 0 Å². The van der Waals surface area contributed by atoms with Crippen molar-refractivity contribution in [3.8, 4) is 11.4 Å². The Labute approximate surface area is 175 Å². The van der Waals surface area contributed by atoms with Gasteiger partial charge in [-0.2, -0.15) is 5.10 Å². The standard InChI is InChI=1S/C22H25ClN4O2/c1-14(2)19-10-20(23)15(3)9-21(19)29-11-22(28)26-16(4)17-5-7-18(8-6-17)27-13-24-12-25-27/h5-10,12-14,16H,11H2,1-4H3,(H,26,28)/t16-/m1/s1. The summed E-state index contributed by atoms with van der Waals surface area (Å²) in [6.07, 6.45) is 3.13. The molecule has 0 aliphatic rings. The van der Waals surface area contributed by atoms with E-state index in [0.29, 0.717) is 10.8 Å². The number of carbonyl (C=O) groups is 1. The van der Waals surface area contributed by atoms with Gasteiger partial charge < -0.3 is 10.1 Å². The van der Waals surface area contributed by atoms with Crippen LogP contribution in [0.1, 0.15) is 49.4 Å². The predicted molar refractivity (Wildman–Crippen MR) is 114 cm³/mol. The Hall–Kier alpha value is -2.86. The molecule has 0 saturated carbocycles.